The molecule has 0 aliphatic heterocycles. The molecule has 0 radical (unpaired) electrons. The smallest absolute Gasteiger partial charge is 0.233 e. The number of alkyl halides is 2. The van der Waals surface area contributed by atoms with Crippen LogP contribution in [0.2, 0.25) is 0 Å². The predicted octanol–water partition coefficient (Wildman–Crippen LogP) is 5.56. The summed E-state index contributed by atoms with van der Waals surface area (Å²) in [5, 5.41) is 7.17. The first-order chi connectivity index (χ1) is 10.4. The summed E-state index contributed by atoms with van der Waals surface area (Å²) in [6.45, 7) is 1.80. The van der Waals surface area contributed by atoms with Crippen LogP contribution in [0.3, 0.4) is 0 Å². The third kappa shape index (κ3) is 3.16. The van der Waals surface area contributed by atoms with Crippen LogP contribution in [0.5, 0.6) is 0 Å². The number of benzene rings is 1. The van der Waals surface area contributed by atoms with Crippen LogP contribution >= 0.6 is 46.3 Å². The second-order valence-electron chi connectivity index (χ2n) is 5.58. The third-order valence-electron chi connectivity index (χ3n) is 3.87. The van der Waals surface area contributed by atoms with Gasteiger partial charge in [-0.15, -0.1) is 35.0 Å². The molecule has 1 aromatic carbocycles. The molecular weight excluding hydrogens is 357 g/mol. The van der Waals surface area contributed by atoms with Gasteiger partial charge in [-0.25, -0.2) is 0 Å². The van der Waals surface area contributed by atoms with Gasteiger partial charge in [0.15, 0.2) is 0 Å². The summed E-state index contributed by atoms with van der Waals surface area (Å²) in [5.41, 5.74) is 1.39. The molecule has 0 bridgehead atoms. The van der Waals surface area contributed by atoms with Crippen LogP contribution in [-0.2, 0) is 10.5 Å². The Labute approximate surface area is 148 Å². The van der Waals surface area contributed by atoms with Crippen molar-refractivity contribution >= 4 is 57.9 Å². The Morgan fingerprint density at radius 2 is 2.09 bits per heavy atom. The number of nitrogens with one attached hydrogen (secondary N) is 1. The van der Waals surface area contributed by atoms with Gasteiger partial charge in [-0.05, 0) is 47.9 Å². The van der Waals surface area contributed by atoms with Crippen molar-refractivity contribution in [2.45, 2.75) is 28.3 Å². The van der Waals surface area contributed by atoms with Crippen molar-refractivity contribution in [3.63, 3.8) is 0 Å². The zero-order valence-electron chi connectivity index (χ0n) is 11.9. The Morgan fingerprint density at radius 1 is 1.36 bits per heavy atom. The molecule has 1 atom stereocenters. The van der Waals surface area contributed by atoms with Crippen LogP contribution in [-0.4, -0.2) is 10.2 Å². The molecule has 1 aliphatic carbocycles. The Bertz CT molecular complexity index is 687. The normalized spacial score (nSPS) is 22.3. The Morgan fingerprint density at radius 3 is 2.73 bits per heavy atom. The number of hydrogen-bond acceptors (Lipinski definition) is 3. The highest BCUT2D eigenvalue weighted by atomic mass is 35.5. The van der Waals surface area contributed by atoms with E-state index in [0.717, 1.165) is 16.3 Å². The summed E-state index contributed by atoms with van der Waals surface area (Å²) in [4.78, 5) is 13.5. The average Bonchev–Trinajstić information content (AvgIpc) is 2.84. The zero-order chi connectivity index (χ0) is 15.8. The monoisotopic (exact) mass is 371 g/mol. The molecule has 1 N–H and O–H groups in total. The van der Waals surface area contributed by atoms with E-state index in [1.807, 2.05) is 24.3 Å². The summed E-state index contributed by atoms with van der Waals surface area (Å²) in [7, 11) is 0. The van der Waals surface area contributed by atoms with E-state index in [-0.39, 0.29) is 5.91 Å². The molecule has 22 heavy (non-hydrogen) atoms. The van der Waals surface area contributed by atoms with Gasteiger partial charge >= 0.3 is 0 Å². The Hall–Kier alpha value is -0.680. The number of amides is 1. The lowest BCUT2D eigenvalue weighted by atomic mass is 10.1. The van der Waals surface area contributed by atoms with E-state index < -0.39 is 9.75 Å². The van der Waals surface area contributed by atoms with E-state index >= 15 is 0 Å². The minimum absolute atomic E-state index is 0.124. The number of thiophene rings is 1. The Balaban J connectivity index is 1.70. The highest BCUT2D eigenvalue weighted by Gasteiger charge is 2.67. The maximum Gasteiger partial charge on any atom is 0.233 e. The van der Waals surface area contributed by atoms with Gasteiger partial charge < -0.3 is 5.32 Å². The largest absolute Gasteiger partial charge is 0.325 e. The number of carbonyl (C=O) groups is 1. The van der Waals surface area contributed by atoms with Gasteiger partial charge in [-0.1, -0.05) is 12.1 Å². The van der Waals surface area contributed by atoms with Crippen molar-refractivity contribution in [1.82, 2.24) is 0 Å². The maximum absolute atomic E-state index is 12.4. The van der Waals surface area contributed by atoms with Gasteiger partial charge in [0.25, 0.3) is 0 Å². The second-order valence-corrected chi connectivity index (χ2v) is 8.87. The van der Waals surface area contributed by atoms with E-state index in [1.54, 1.807) is 30.0 Å². The van der Waals surface area contributed by atoms with Crippen molar-refractivity contribution < 1.29 is 4.79 Å². The first-order valence-electron chi connectivity index (χ1n) is 6.84. The van der Waals surface area contributed by atoms with Crippen molar-refractivity contribution in [1.29, 1.82) is 0 Å². The highest BCUT2D eigenvalue weighted by molar-refractivity contribution is 7.98. The van der Waals surface area contributed by atoms with E-state index in [0.29, 0.717) is 6.42 Å². The third-order valence-corrected chi connectivity index (χ3v) is 6.85. The van der Waals surface area contributed by atoms with Crippen LogP contribution in [0.15, 0.2) is 46.0 Å². The lowest BCUT2D eigenvalue weighted by molar-refractivity contribution is -0.120. The molecule has 0 saturated heterocycles. The SMILES string of the molecule is CC1(C(=O)Nc2ccccc2SCc2ccsc2)CC1(Cl)Cl. The molecule has 1 fully saturated rings. The van der Waals surface area contributed by atoms with Gasteiger partial charge in [0.2, 0.25) is 5.91 Å². The van der Waals surface area contributed by atoms with Gasteiger partial charge in [0, 0.05) is 10.6 Å². The standard InChI is InChI=1S/C16H15Cl2NOS2/c1-15(10-16(15,17)18)14(20)19-12-4-2-3-5-13(12)22-9-11-6-7-21-8-11/h2-8H,9-10H2,1H3,(H,19,20). The van der Waals surface area contributed by atoms with Crippen LogP contribution in [0.4, 0.5) is 5.69 Å². The number of hydrogen-bond donors (Lipinski definition) is 1. The molecule has 6 heteroatoms. The number of rotatable bonds is 5. The minimum atomic E-state index is -0.949. The van der Waals surface area contributed by atoms with Gasteiger partial charge in [0.1, 0.15) is 4.33 Å². The molecule has 0 spiro atoms. The number of para-hydroxylation sites is 1. The molecule has 1 saturated carbocycles. The summed E-state index contributed by atoms with van der Waals surface area (Å²) >= 11 is 15.5. The molecule has 2 aromatic rings. The molecule has 2 nitrogen and oxygen atoms in total. The van der Waals surface area contributed by atoms with Gasteiger partial charge in [-0.2, -0.15) is 11.3 Å². The lowest BCUT2D eigenvalue weighted by Gasteiger charge is -2.15. The quantitative estimate of drug-likeness (QED) is 0.550. The summed E-state index contributed by atoms with van der Waals surface area (Å²) < 4.78 is -0.949. The average molecular weight is 372 g/mol. The number of anilines is 1. The maximum atomic E-state index is 12.4. The first kappa shape index (κ1) is 16.2. The molecule has 1 unspecified atom stereocenters. The second kappa shape index (κ2) is 6.08. The number of carbonyl (C=O) groups excluding carboxylic acids is 1. The fourth-order valence-electron chi connectivity index (χ4n) is 2.14. The van der Waals surface area contributed by atoms with E-state index in [1.165, 1.54) is 5.56 Å². The molecule has 3 rings (SSSR count). The Kier molecular flexibility index (Phi) is 4.47. The van der Waals surface area contributed by atoms with Crippen LogP contribution < -0.4 is 5.32 Å². The summed E-state index contributed by atoms with van der Waals surface area (Å²) in [5.74, 6) is 0.754. The molecule has 1 aliphatic rings. The molecule has 1 amide bonds. The predicted molar refractivity (Wildman–Crippen MR) is 96.1 cm³/mol. The van der Waals surface area contributed by atoms with Crippen molar-refractivity contribution in [2.24, 2.45) is 5.41 Å². The minimum Gasteiger partial charge on any atom is -0.325 e. The lowest BCUT2D eigenvalue weighted by Crippen LogP contribution is -2.26. The van der Waals surface area contributed by atoms with E-state index in [4.69, 9.17) is 23.2 Å². The van der Waals surface area contributed by atoms with Gasteiger partial charge in [-0.3, -0.25) is 4.79 Å². The van der Waals surface area contributed by atoms with Gasteiger partial charge in [0.05, 0.1) is 11.1 Å². The van der Waals surface area contributed by atoms with Crippen LogP contribution in [0, 0.1) is 5.41 Å². The topological polar surface area (TPSA) is 29.1 Å². The van der Waals surface area contributed by atoms with E-state index in [2.05, 4.69) is 22.1 Å². The fourth-order valence-corrected chi connectivity index (χ4v) is 4.57. The zero-order valence-corrected chi connectivity index (χ0v) is 15.1. The van der Waals surface area contributed by atoms with Crippen LogP contribution in [0.1, 0.15) is 18.9 Å². The fraction of sp³-hybridized carbons (Fsp3) is 0.312. The number of thioether (sulfide) groups is 1. The van der Waals surface area contributed by atoms with Crippen molar-refractivity contribution in [3.8, 4) is 0 Å². The molecule has 1 heterocycles. The summed E-state index contributed by atoms with van der Waals surface area (Å²) in [6.07, 6.45) is 0.485. The number of halogens is 2. The molecular formula is C16H15Cl2NOS2. The van der Waals surface area contributed by atoms with Crippen molar-refractivity contribution in [3.05, 3.63) is 46.7 Å². The van der Waals surface area contributed by atoms with Crippen LogP contribution in [0.25, 0.3) is 0 Å². The summed E-state index contributed by atoms with van der Waals surface area (Å²) in [6, 6.07) is 9.91. The van der Waals surface area contributed by atoms with E-state index in [9.17, 15) is 4.79 Å². The molecule has 116 valence electrons. The van der Waals surface area contributed by atoms with Crippen molar-refractivity contribution in [2.75, 3.05) is 5.32 Å². The molecule has 1 aromatic heterocycles. The first-order valence-corrected chi connectivity index (χ1v) is 9.53. The highest BCUT2D eigenvalue weighted by Crippen LogP contribution is 2.64.